The minimum absolute atomic E-state index is 0.0334. The summed E-state index contributed by atoms with van der Waals surface area (Å²) in [5, 5.41) is 21.1. The van der Waals surface area contributed by atoms with E-state index in [2.05, 4.69) is 13.8 Å². The predicted octanol–water partition coefficient (Wildman–Crippen LogP) is 4.96. The van der Waals surface area contributed by atoms with Crippen molar-refractivity contribution < 1.29 is 24.5 Å². The van der Waals surface area contributed by atoms with Gasteiger partial charge in [0.15, 0.2) is 0 Å². The molecule has 0 radical (unpaired) electrons. The van der Waals surface area contributed by atoms with Gasteiger partial charge >= 0.3 is 0 Å². The van der Waals surface area contributed by atoms with Crippen LogP contribution in [0.5, 0.6) is 11.5 Å². The van der Waals surface area contributed by atoms with Gasteiger partial charge in [-0.2, -0.15) is 0 Å². The molecule has 6 heteroatoms. The fourth-order valence-corrected chi connectivity index (χ4v) is 3.85. The van der Waals surface area contributed by atoms with Gasteiger partial charge in [0.05, 0.1) is 18.2 Å². The Balaban J connectivity index is 2.08. The van der Waals surface area contributed by atoms with Crippen LogP contribution in [0.2, 0.25) is 0 Å². The van der Waals surface area contributed by atoms with Crippen LogP contribution < -0.4 is 4.74 Å². The van der Waals surface area contributed by atoms with Gasteiger partial charge in [-0.1, -0.05) is 39.3 Å². The van der Waals surface area contributed by atoms with Crippen molar-refractivity contribution in [3.05, 3.63) is 64.7 Å². The molecule has 0 aromatic heterocycles. The number of hydrogen-bond donors (Lipinski definition) is 2. The SMILES string of the molecule is CCCCN1C(=O)C(=O)/C(=C(\O)c2ccc(OCC(C)C)c(C)c2)C1c1cccc(O)c1. The standard InChI is InChI=1S/C26H31NO5/c1-5-6-12-27-23(18-8-7-9-20(28)14-18)22(25(30)26(27)31)24(29)19-10-11-21(17(4)13-19)32-15-16(2)3/h7-11,13-14,16,23,28-29H,5-6,12,15H2,1-4H3/b24-22-. The number of carbonyl (C=O) groups excluding carboxylic acids is 2. The first kappa shape index (κ1) is 23.4. The molecule has 0 saturated carbocycles. The highest BCUT2D eigenvalue weighted by molar-refractivity contribution is 6.46. The molecule has 2 aromatic carbocycles. The van der Waals surface area contributed by atoms with Crippen molar-refractivity contribution in [3.63, 3.8) is 0 Å². The second kappa shape index (κ2) is 9.90. The maximum absolute atomic E-state index is 13.0. The number of unbranched alkanes of at least 4 members (excludes halogenated alkanes) is 1. The number of Topliss-reactive ketones (excluding diaryl/α,β-unsaturated/α-hetero) is 1. The first-order valence-electron chi connectivity index (χ1n) is 11.1. The molecule has 2 N–H and O–H groups in total. The lowest BCUT2D eigenvalue weighted by Crippen LogP contribution is -2.30. The molecule has 170 valence electrons. The molecule has 2 aromatic rings. The molecule has 1 unspecified atom stereocenters. The largest absolute Gasteiger partial charge is 0.508 e. The van der Waals surface area contributed by atoms with Crippen LogP contribution in [0.15, 0.2) is 48.0 Å². The van der Waals surface area contributed by atoms with Crippen molar-refractivity contribution in [2.45, 2.75) is 46.6 Å². The van der Waals surface area contributed by atoms with Crippen molar-refractivity contribution in [1.82, 2.24) is 4.90 Å². The van der Waals surface area contributed by atoms with E-state index in [0.717, 1.165) is 18.4 Å². The third kappa shape index (κ3) is 4.79. The molecular formula is C26H31NO5. The summed E-state index contributed by atoms with van der Waals surface area (Å²) < 4.78 is 5.81. The van der Waals surface area contributed by atoms with Crippen LogP contribution in [0.25, 0.3) is 5.76 Å². The van der Waals surface area contributed by atoms with E-state index in [-0.39, 0.29) is 17.1 Å². The second-order valence-corrected chi connectivity index (χ2v) is 8.63. The van der Waals surface area contributed by atoms with Crippen LogP contribution in [0, 0.1) is 12.8 Å². The molecule has 1 amide bonds. The third-order valence-electron chi connectivity index (χ3n) is 5.50. The number of phenols is 1. The highest BCUT2D eigenvalue weighted by Crippen LogP contribution is 2.40. The molecule has 0 spiro atoms. The molecule has 1 saturated heterocycles. The number of hydrogen-bond acceptors (Lipinski definition) is 5. The molecule has 1 atom stereocenters. The zero-order valence-corrected chi connectivity index (χ0v) is 19.1. The lowest BCUT2D eigenvalue weighted by Gasteiger charge is -2.25. The van der Waals surface area contributed by atoms with Gasteiger partial charge < -0.3 is 19.8 Å². The van der Waals surface area contributed by atoms with E-state index in [1.807, 2.05) is 13.8 Å². The van der Waals surface area contributed by atoms with Gasteiger partial charge in [0.1, 0.15) is 17.3 Å². The Morgan fingerprint density at radius 3 is 2.53 bits per heavy atom. The predicted molar refractivity (Wildman–Crippen MR) is 124 cm³/mol. The number of nitrogens with zero attached hydrogens (tertiary/aromatic N) is 1. The van der Waals surface area contributed by atoms with Gasteiger partial charge in [-0.05, 0) is 60.7 Å². The average Bonchev–Trinajstić information content (AvgIpc) is 3.01. The maximum atomic E-state index is 13.0. The summed E-state index contributed by atoms with van der Waals surface area (Å²) in [7, 11) is 0. The third-order valence-corrected chi connectivity index (χ3v) is 5.50. The van der Waals surface area contributed by atoms with Crippen molar-refractivity contribution >= 4 is 17.4 Å². The number of aliphatic hydroxyl groups is 1. The van der Waals surface area contributed by atoms with E-state index in [9.17, 15) is 19.8 Å². The van der Waals surface area contributed by atoms with Gasteiger partial charge in [0.25, 0.3) is 11.7 Å². The van der Waals surface area contributed by atoms with E-state index >= 15 is 0 Å². The van der Waals surface area contributed by atoms with E-state index < -0.39 is 17.7 Å². The molecule has 1 fully saturated rings. The minimum Gasteiger partial charge on any atom is -0.508 e. The molecule has 1 heterocycles. The fraction of sp³-hybridized carbons (Fsp3) is 0.385. The number of carbonyl (C=O) groups is 2. The van der Waals surface area contributed by atoms with Crippen molar-refractivity contribution in [1.29, 1.82) is 0 Å². The normalized spacial score (nSPS) is 17.9. The van der Waals surface area contributed by atoms with E-state index in [4.69, 9.17) is 4.74 Å². The zero-order chi connectivity index (χ0) is 23.4. The van der Waals surface area contributed by atoms with Crippen LogP contribution in [-0.4, -0.2) is 40.0 Å². The molecule has 32 heavy (non-hydrogen) atoms. The Morgan fingerprint density at radius 1 is 1.16 bits per heavy atom. The van der Waals surface area contributed by atoms with Gasteiger partial charge in [-0.3, -0.25) is 9.59 Å². The van der Waals surface area contributed by atoms with Crippen molar-refractivity contribution in [2.75, 3.05) is 13.2 Å². The summed E-state index contributed by atoms with van der Waals surface area (Å²) in [6, 6.07) is 10.9. The summed E-state index contributed by atoms with van der Waals surface area (Å²) >= 11 is 0. The Bertz CT molecular complexity index is 1040. The molecule has 3 rings (SSSR count). The first-order valence-corrected chi connectivity index (χ1v) is 11.1. The number of ketones is 1. The van der Waals surface area contributed by atoms with Crippen LogP contribution in [-0.2, 0) is 9.59 Å². The van der Waals surface area contributed by atoms with E-state index in [1.54, 1.807) is 30.3 Å². The average molecular weight is 438 g/mol. The number of aliphatic hydroxyl groups excluding tert-OH is 1. The summed E-state index contributed by atoms with van der Waals surface area (Å²) in [4.78, 5) is 27.3. The number of amides is 1. The Kier molecular flexibility index (Phi) is 7.23. The summed E-state index contributed by atoms with van der Waals surface area (Å²) in [6.07, 6.45) is 1.58. The lowest BCUT2D eigenvalue weighted by atomic mass is 9.94. The van der Waals surface area contributed by atoms with E-state index in [1.165, 1.54) is 17.0 Å². The Hall–Kier alpha value is -3.28. The van der Waals surface area contributed by atoms with Gasteiger partial charge in [-0.25, -0.2) is 0 Å². The van der Waals surface area contributed by atoms with Crippen molar-refractivity contribution in [2.24, 2.45) is 5.92 Å². The van der Waals surface area contributed by atoms with Crippen LogP contribution >= 0.6 is 0 Å². The smallest absolute Gasteiger partial charge is 0.295 e. The summed E-state index contributed by atoms with van der Waals surface area (Å²) in [6.45, 7) is 8.97. The molecule has 6 nitrogen and oxygen atoms in total. The highest BCUT2D eigenvalue weighted by Gasteiger charge is 2.45. The summed E-state index contributed by atoms with van der Waals surface area (Å²) in [5.74, 6) is -0.459. The summed E-state index contributed by atoms with van der Waals surface area (Å²) in [5.41, 5.74) is 1.88. The quantitative estimate of drug-likeness (QED) is 0.346. The topological polar surface area (TPSA) is 87.1 Å². The monoisotopic (exact) mass is 437 g/mol. The number of likely N-dealkylation sites (tertiary alicyclic amines) is 1. The maximum Gasteiger partial charge on any atom is 0.295 e. The number of aryl methyl sites for hydroxylation is 1. The Labute approximate surface area is 189 Å². The van der Waals surface area contributed by atoms with Gasteiger partial charge in [-0.15, -0.1) is 0 Å². The molecule has 1 aliphatic heterocycles. The molecular weight excluding hydrogens is 406 g/mol. The number of phenolic OH excluding ortho intramolecular Hbond substituents is 1. The van der Waals surface area contributed by atoms with Gasteiger partial charge in [0, 0.05) is 12.1 Å². The van der Waals surface area contributed by atoms with Crippen molar-refractivity contribution in [3.8, 4) is 11.5 Å². The molecule has 1 aliphatic rings. The Morgan fingerprint density at radius 2 is 1.91 bits per heavy atom. The fourth-order valence-electron chi connectivity index (χ4n) is 3.85. The number of aromatic hydroxyl groups is 1. The van der Waals surface area contributed by atoms with Gasteiger partial charge in [0.2, 0.25) is 0 Å². The first-order chi connectivity index (χ1) is 15.2. The molecule has 0 aliphatic carbocycles. The highest BCUT2D eigenvalue weighted by atomic mass is 16.5. The van der Waals surface area contributed by atoms with Crippen LogP contribution in [0.4, 0.5) is 0 Å². The zero-order valence-electron chi connectivity index (χ0n) is 19.1. The van der Waals surface area contributed by atoms with E-state index in [0.29, 0.717) is 35.9 Å². The number of benzene rings is 2. The van der Waals surface area contributed by atoms with Crippen LogP contribution in [0.1, 0.15) is 56.3 Å². The minimum atomic E-state index is -0.758. The number of ether oxygens (including phenoxy) is 1. The molecule has 0 bridgehead atoms. The van der Waals surface area contributed by atoms with Crippen LogP contribution in [0.3, 0.4) is 0 Å². The second-order valence-electron chi connectivity index (χ2n) is 8.63. The number of rotatable bonds is 8. The lowest BCUT2D eigenvalue weighted by molar-refractivity contribution is -0.139.